The fourth-order valence-corrected chi connectivity index (χ4v) is 15.9. The molecular weight excluding hydrogens is 348 g/mol. The van der Waals surface area contributed by atoms with Crippen molar-refractivity contribution in [2.24, 2.45) is 0 Å². The van der Waals surface area contributed by atoms with Gasteiger partial charge in [0, 0.05) is 26.2 Å². The van der Waals surface area contributed by atoms with Crippen molar-refractivity contribution < 1.29 is 44.6 Å². The van der Waals surface area contributed by atoms with Gasteiger partial charge in [0.2, 0.25) is 0 Å². The van der Waals surface area contributed by atoms with E-state index >= 15 is 0 Å². The standard InChI is InChI=1S/C4H18O10Si5/c1-16(6)10-15(5)11-17(2,7)13-19(4,9)14-18(3,8)12-16/h5-9,15H,1-4H3. The summed E-state index contributed by atoms with van der Waals surface area (Å²) in [5, 5.41) is 0. The van der Waals surface area contributed by atoms with E-state index in [-0.39, 0.29) is 0 Å². The second kappa shape index (κ2) is 5.47. The van der Waals surface area contributed by atoms with E-state index in [4.69, 9.17) is 20.6 Å². The zero-order chi connectivity index (χ0) is 15.1. The van der Waals surface area contributed by atoms with Crippen molar-refractivity contribution in [1.29, 1.82) is 0 Å². The Hall–Kier alpha value is 0.684. The van der Waals surface area contributed by atoms with Crippen LogP contribution in [0.5, 0.6) is 0 Å². The average molecular weight is 367 g/mol. The summed E-state index contributed by atoms with van der Waals surface area (Å²) in [5.41, 5.74) is 0. The Balaban J connectivity index is 3.03. The SMILES string of the molecule is C[Si]1(O)O[SiH](O)O[Si](C)(O)O[Si](C)(O)O[Si](C)(O)O1. The minimum absolute atomic E-state index is 1.15. The van der Waals surface area contributed by atoms with Crippen LogP contribution in [0, 0.1) is 0 Å². The molecule has 0 aromatic rings. The normalized spacial score (nSPS) is 53.8. The van der Waals surface area contributed by atoms with Crippen molar-refractivity contribution >= 4 is 44.7 Å². The lowest BCUT2D eigenvalue weighted by molar-refractivity contribution is 0.0905. The maximum absolute atomic E-state index is 9.93. The third kappa shape index (κ3) is 6.32. The van der Waals surface area contributed by atoms with E-state index in [9.17, 15) is 24.0 Å². The van der Waals surface area contributed by atoms with Crippen molar-refractivity contribution in [3.63, 3.8) is 0 Å². The van der Waals surface area contributed by atoms with Crippen molar-refractivity contribution in [2.75, 3.05) is 0 Å². The molecule has 0 aromatic heterocycles. The van der Waals surface area contributed by atoms with Crippen LogP contribution in [0.25, 0.3) is 0 Å². The van der Waals surface area contributed by atoms with Gasteiger partial charge in [0.25, 0.3) is 0 Å². The molecule has 4 atom stereocenters. The largest absolute Gasteiger partial charge is 0.480 e. The zero-order valence-electron chi connectivity index (χ0n) is 10.9. The van der Waals surface area contributed by atoms with Gasteiger partial charge in [-0.1, -0.05) is 0 Å². The van der Waals surface area contributed by atoms with Crippen LogP contribution in [0.15, 0.2) is 0 Å². The molecule has 15 heteroatoms. The molecule has 5 N–H and O–H groups in total. The van der Waals surface area contributed by atoms with Gasteiger partial charge in [-0.3, -0.25) is 0 Å². The van der Waals surface area contributed by atoms with Crippen molar-refractivity contribution in [3.8, 4) is 0 Å². The molecule has 10 nitrogen and oxygen atoms in total. The quantitative estimate of drug-likeness (QED) is 0.282. The van der Waals surface area contributed by atoms with Crippen molar-refractivity contribution in [3.05, 3.63) is 0 Å². The summed E-state index contributed by atoms with van der Waals surface area (Å²) in [6, 6.07) is 0. The molecule has 0 bridgehead atoms. The van der Waals surface area contributed by atoms with Crippen LogP contribution in [-0.2, 0) is 20.6 Å². The van der Waals surface area contributed by atoms with Crippen LogP contribution in [0.4, 0.5) is 0 Å². The highest BCUT2D eigenvalue weighted by atomic mass is 28.5. The molecule has 4 unspecified atom stereocenters. The van der Waals surface area contributed by atoms with Gasteiger partial charge in [0.15, 0.2) is 0 Å². The molecule has 1 heterocycles. The predicted octanol–water partition coefficient (Wildman–Crippen LogP) is -2.96. The molecule has 1 aliphatic rings. The van der Waals surface area contributed by atoms with E-state index in [1.807, 2.05) is 0 Å². The Morgan fingerprint density at radius 3 is 1.21 bits per heavy atom. The Bertz CT molecular complexity index is 302. The Labute approximate surface area is 116 Å². The first kappa shape index (κ1) is 17.7. The van der Waals surface area contributed by atoms with Gasteiger partial charge in [-0.05, 0) is 0 Å². The van der Waals surface area contributed by atoms with Crippen LogP contribution in [0.2, 0.25) is 26.2 Å². The first-order valence-corrected chi connectivity index (χ1v) is 15.8. The number of rotatable bonds is 0. The molecule has 114 valence electrons. The van der Waals surface area contributed by atoms with Gasteiger partial charge in [0.05, 0.1) is 0 Å². The summed E-state index contributed by atoms with van der Waals surface area (Å²) >= 11 is 0. The Morgan fingerprint density at radius 1 is 0.632 bits per heavy atom. The van der Waals surface area contributed by atoms with Gasteiger partial charge < -0.3 is 44.6 Å². The van der Waals surface area contributed by atoms with E-state index in [0.717, 1.165) is 26.2 Å². The minimum atomic E-state index is -3.95. The molecule has 0 radical (unpaired) electrons. The molecule has 1 fully saturated rings. The summed E-state index contributed by atoms with van der Waals surface area (Å²) in [4.78, 5) is 49.1. The predicted molar refractivity (Wildman–Crippen MR) is 70.1 cm³/mol. The van der Waals surface area contributed by atoms with E-state index in [2.05, 4.69) is 0 Å². The van der Waals surface area contributed by atoms with Gasteiger partial charge >= 0.3 is 44.7 Å². The molecule has 1 saturated heterocycles. The summed E-state index contributed by atoms with van der Waals surface area (Å²) in [7, 11) is -19.2. The Morgan fingerprint density at radius 2 is 0.895 bits per heavy atom. The number of hydrogen-bond donors (Lipinski definition) is 5. The summed E-state index contributed by atoms with van der Waals surface area (Å²) in [5.74, 6) is 0. The molecular formula is C4H18O10Si5. The molecule has 0 aromatic carbocycles. The maximum atomic E-state index is 9.93. The van der Waals surface area contributed by atoms with E-state index in [1.54, 1.807) is 0 Å². The van der Waals surface area contributed by atoms with Crippen LogP contribution >= 0.6 is 0 Å². The third-order valence-electron chi connectivity index (χ3n) is 1.78. The van der Waals surface area contributed by atoms with Gasteiger partial charge in [-0.25, -0.2) is 0 Å². The number of hydrogen-bond acceptors (Lipinski definition) is 10. The molecule has 0 amide bonds. The molecule has 0 spiro atoms. The van der Waals surface area contributed by atoms with E-state index < -0.39 is 44.7 Å². The topological polar surface area (TPSA) is 147 Å². The lowest BCUT2D eigenvalue weighted by Gasteiger charge is -2.38. The maximum Gasteiger partial charge on any atom is 0.480 e. The first-order chi connectivity index (χ1) is 8.22. The highest BCUT2D eigenvalue weighted by Gasteiger charge is 2.55. The summed E-state index contributed by atoms with van der Waals surface area (Å²) < 4.78 is 24.5. The Kier molecular flexibility index (Phi) is 5.11. The van der Waals surface area contributed by atoms with E-state index in [0.29, 0.717) is 0 Å². The van der Waals surface area contributed by atoms with Crippen molar-refractivity contribution in [2.45, 2.75) is 26.2 Å². The molecule has 1 aliphatic heterocycles. The van der Waals surface area contributed by atoms with Crippen LogP contribution in [0.3, 0.4) is 0 Å². The minimum Gasteiger partial charge on any atom is -0.393 e. The van der Waals surface area contributed by atoms with Crippen LogP contribution < -0.4 is 0 Å². The fourth-order valence-electron chi connectivity index (χ4n) is 1.54. The summed E-state index contributed by atoms with van der Waals surface area (Å²) in [6.45, 7) is 4.59. The smallest absolute Gasteiger partial charge is 0.393 e. The summed E-state index contributed by atoms with van der Waals surface area (Å²) in [6.07, 6.45) is 0. The van der Waals surface area contributed by atoms with Gasteiger partial charge in [-0.15, -0.1) is 0 Å². The molecule has 0 aliphatic carbocycles. The van der Waals surface area contributed by atoms with Crippen LogP contribution in [-0.4, -0.2) is 68.7 Å². The molecule has 19 heavy (non-hydrogen) atoms. The average Bonchev–Trinajstić information content (AvgIpc) is 1.87. The lowest BCUT2D eigenvalue weighted by atomic mass is 11.9. The van der Waals surface area contributed by atoms with Crippen LogP contribution in [0.1, 0.15) is 0 Å². The molecule has 0 saturated carbocycles. The van der Waals surface area contributed by atoms with Gasteiger partial charge in [0.1, 0.15) is 0 Å². The monoisotopic (exact) mass is 366 g/mol. The van der Waals surface area contributed by atoms with Crippen molar-refractivity contribution in [1.82, 2.24) is 0 Å². The third-order valence-corrected chi connectivity index (χ3v) is 16.0. The van der Waals surface area contributed by atoms with Gasteiger partial charge in [-0.2, -0.15) is 0 Å². The highest BCUT2D eigenvalue weighted by Crippen LogP contribution is 2.22. The second-order valence-corrected chi connectivity index (χ2v) is 16.6. The fraction of sp³-hybridized carbons (Fsp3) is 1.00. The highest BCUT2D eigenvalue weighted by molar-refractivity contribution is 6.84. The lowest BCUT2D eigenvalue weighted by Crippen LogP contribution is -2.65. The molecule has 1 rings (SSSR count). The van der Waals surface area contributed by atoms with E-state index in [1.165, 1.54) is 0 Å². The zero-order valence-corrected chi connectivity index (χ0v) is 16.0. The second-order valence-electron chi connectivity index (χ2n) is 4.44. The first-order valence-electron chi connectivity index (χ1n) is 5.26.